The van der Waals surface area contributed by atoms with Crippen molar-refractivity contribution in [3.63, 3.8) is 0 Å². The zero-order valence-electron chi connectivity index (χ0n) is 16.7. The lowest BCUT2D eigenvalue weighted by molar-refractivity contribution is -0.237. The molecule has 0 unspecified atom stereocenters. The van der Waals surface area contributed by atoms with Gasteiger partial charge in [0.2, 0.25) is 0 Å². The molecule has 5 nitrogen and oxygen atoms in total. The van der Waals surface area contributed by atoms with Crippen LogP contribution in [-0.4, -0.2) is 40.9 Å². The molecule has 0 aliphatic carbocycles. The number of pyridine rings is 1. The van der Waals surface area contributed by atoms with Crippen molar-refractivity contribution in [2.45, 2.75) is 18.7 Å². The molecule has 2 N–H and O–H groups in total. The van der Waals surface area contributed by atoms with Gasteiger partial charge in [-0.1, -0.05) is 48.5 Å². The Balaban J connectivity index is 1.94. The minimum atomic E-state index is -5.01. The van der Waals surface area contributed by atoms with Crippen molar-refractivity contribution in [1.82, 2.24) is 10.3 Å². The lowest BCUT2D eigenvalue weighted by Gasteiger charge is -2.27. The van der Waals surface area contributed by atoms with E-state index in [4.69, 9.17) is 4.74 Å². The number of alkyl halides is 3. The number of hydrogen-bond donors (Lipinski definition) is 2. The molecule has 1 atom stereocenters. The molecule has 0 bridgehead atoms. The van der Waals surface area contributed by atoms with Crippen LogP contribution in [0.1, 0.15) is 17.3 Å². The number of amides is 1. The SMILES string of the molecule is CCO/C=C/[C@@](O)(CNC(=O)c1cc(-c2ccccc2)nc2ccccc12)C(F)(F)F. The maximum Gasteiger partial charge on any atom is 0.422 e. The van der Waals surface area contributed by atoms with Crippen molar-refractivity contribution in [1.29, 1.82) is 0 Å². The summed E-state index contributed by atoms with van der Waals surface area (Å²) in [6, 6.07) is 17.5. The van der Waals surface area contributed by atoms with Crippen molar-refractivity contribution in [2.75, 3.05) is 13.2 Å². The Hall–Kier alpha value is -3.39. The fraction of sp³-hybridized carbons (Fsp3) is 0.217. The number of nitrogens with zero attached hydrogens (tertiary/aromatic N) is 1. The third-order valence-electron chi connectivity index (χ3n) is 4.65. The zero-order valence-corrected chi connectivity index (χ0v) is 16.7. The fourth-order valence-electron chi connectivity index (χ4n) is 2.94. The highest BCUT2D eigenvalue weighted by molar-refractivity contribution is 6.07. The highest BCUT2D eigenvalue weighted by atomic mass is 19.4. The van der Waals surface area contributed by atoms with Gasteiger partial charge < -0.3 is 15.2 Å². The van der Waals surface area contributed by atoms with Gasteiger partial charge in [-0.25, -0.2) is 4.98 Å². The van der Waals surface area contributed by atoms with Gasteiger partial charge in [0, 0.05) is 10.9 Å². The van der Waals surface area contributed by atoms with E-state index in [0.717, 1.165) is 11.8 Å². The molecule has 0 saturated heterocycles. The highest BCUT2D eigenvalue weighted by Gasteiger charge is 2.52. The van der Waals surface area contributed by atoms with Crippen LogP contribution >= 0.6 is 0 Å². The Morgan fingerprint density at radius 3 is 2.48 bits per heavy atom. The summed E-state index contributed by atoms with van der Waals surface area (Å²) in [5.41, 5.74) is -1.33. The molecule has 1 heterocycles. The molecule has 8 heteroatoms. The first-order chi connectivity index (χ1) is 14.7. The Bertz CT molecular complexity index is 1080. The van der Waals surface area contributed by atoms with E-state index in [1.807, 2.05) is 30.3 Å². The van der Waals surface area contributed by atoms with Crippen molar-refractivity contribution in [3.8, 4) is 11.3 Å². The van der Waals surface area contributed by atoms with E-state index >= 15 is 0 Å². The Kier molecular flexibility index (Phi) is 6.60. The topological polar surface area (TPSA) is 71.5 Å². The molecule has 1 aromatic heterocycles. The van der Waals surface area contributed by atoms with Crippen LogP contribution < -0.4 is 5.32 Å². The molecule has 0 aliphatic rings. The number of aromatic nitrogens is 1. The summed E-state index contributed by atoms with van der Waals surface area (Å²) in [5, 5.41) is 12.8. The van der Waals surface area contributed by atoms with Crippen molar-refractivity contribution in [3.05, 3.63) is 78.6 Å². The monoisotopic (exact) mass is 430 g/mol. The molecule has 0 radical (unpaired) electrons. The van der Waals surface area contributed by atoms with Crippen LogP contribution in [0, 0.1) is 0 Å². The molecule has 31 heavy (non-hydrogen) atoms. The number of aliphatic hydroxyl groups is 1. The highest BCUT2D eigenvalue weighted by Crippen LogP contribution is 2.31. The maximum atomic E-state index is 13.4. The number of nitrogens with one attached hydrogen (secondary N) is 1. The first-order valence-corrected chi connectivity index (χ1v) is 9.57. The Morgan fingerprint density at radius 1 is 1.13 bits per heavy atom. The molecule has 0 spiro atoms. The molecule has 0 saturated carbocycles. The van der Waals surface area contributed by atoms with Crippen LogP contribution in [-0.2, 0) is 4.74 Å². The van der Waals surface area contributed by atoms with Gasteiger partial charge in [0.05, 0.1) is 36.2 Å². The van der Waals surface area contributed by atoms with E-state index in [1.54, 1.807) is 31.2 Å². The second-order valence-corrected chi connectivity index (χ2v) is 6.80. The predicted octanol–water partition coefficient (Wildman–Crippen LogP) is 4.48. The van der Waals surface area contributed by atoms with Gasteiger partial charge in [-0.15, -0.1) is 0 Å². The van der Waals surface area contributed by atoms with E-state index in [2.05, 4.69) is 10.3 Å². The minimum Gasteiger partial charge on any atom is -0.502 e. The predicted molar refractivity (Wildman–Crippen MR) is 111 cm³/mol. The summed E-state index contributed by atoms with van der Waals surface area (Å²) < 4.78 is 45.0. The molecular weight excluding hydrogens is 409 g/mol. The van der Waals surface area contributed by atoms with Crippen LogP contribution in [0.15, 0.2) is 73.0 Å². The maximum absolute atomic E-state index is 13.4. The smallest absolute Gasteiger partial charge is 0.422 e. The summed E-state index contributed by atoms with van der Waals surface area (Å²) >= 11 is 0. The first kappa shape index (κ1) is 22.3. The Morgan fingerprint density at radius 2 is 1.81 bits per heavy atom. The minimum absolute atomic E-state index is 0.141. The van der Waals surface area contributed by atoms with Crippen LogP contribution in [0.25, 0.3) is 22.2 Å². The van der Waals surface area contributed by atoms with Gasteiger partial charge in [-0.05, 0) is 25.1 Å². The van der Waals surface area contributed by atoms with E-state index in [0.29, 0.717) is 22.7 Å². The van der Waals surface area contributed by atoms with Gasteiger partial charge in [0.15, 0.2) is 5.60 Å². The van der Waals surface area contributed by atoms with Crippen LogP contribution in [0.3, 0.4) is 0 Å². The molecule has 0 aliphatic heterocycles. The molecule has 3 rings (SSSR count). The fourth-order valence-corrected chi connectivity index (χ4v) is 2.94. The van der Waals surface area contributed by atoms with Crippen molar-refractivity contribution in [2.24, 2.45) is 0 Å². The number of carbonyl (C=O) groups is 1. The van der Waals surface area contributed by atoms with Crippen LogP contribution in [0.5, 0.6) is 0 Å². The normalized spacial score (nSPS) is 13.8. The van der Waals surface area contributed by atoms with Gasteiger partial charge in [-0.3, -0.25) is 4.79 Å². The second kappa shape index (κ2) is 9.18. The molecule has 3 aromatic rings. The summed E-state index contributed by atoms with van der Waals surface area (Å²) in [7, 11) is 0. The number of ether oxygens (including phenoxy) is 1. The average Bonchev–Trinajstić information content (AvgIpc) is 2.76. The summed E-state index contributed by atoms with van der Waals surface area (Å²) in [4.78, 5) is 17.4. The Labute approximate surface area is 177 Å². The number of halogens is 3. The largest absolute Gasteiger partial charge is 0.502 e. The van der Waals surface area contributed by atoms with Crippen LogP contribution in [0.2, 0.25) is 0 Å². The lowest BCUT2D eigenvalue weighted by Crippen LogP contribution is -2.52. The van der Waals surface area contributed by atoms with E-state index in [-0.39, 0.29) is 12.2 Å². The van der Waals surface area contributed by atoms with E-state index < -0.39 is 24.2 Å². The average molecular weight is 430 g/mol. The third kappa shape index (κ3) is 5.03. The van der Waals surface area contributed by atoms with E-state index in [1.165, 1.54) is 6.07 Å². The van der Waals surface area contributed by atoms with E-state index in [9.17, 15) is 23.1 Å². The summed E-state index contributed by atoms with van der Waals surface area (Å²) in [6.07, 6.45) is -3.75. The molecule has 162 valence electrons. The molecule has 0 fully saturated rings. The van der Waals surface area contributed by atoms with Gasteiger partial charge in [0.1, 0.15) is 0 Å². The molecular formula is C23H21F3N2O3. The van der Waals surface area contributed by atoms with Crippen LogP contribution in [0.4, 0.5) is 13.2 Å². The number of hydrogen-bond acceptors (Lipinski definition) is 4. The summed E-state index contributed by atoms with van der Waals surface area (Å²) in [6.45, 7) is 0.663. The first-order valence-electron chi connectivity index (χ1n) is 9.57. The number of carbonyl (C=O) groups excluding carboxylic acids is 1. The van der Waals surface area contributed by atoms with Gasteiger partial charge in [-0.2, -0.15) is 13.2 Å². The quantitative estimate of drug-likeness (QED) is 0.543. The van der Waals surface area contributed by atoms with Crippen molar-refractivity contribution < 1.29 is 27.8 Å². The number of benzene rings is 2. The number of fused-ring (bicyclic) bond motifs is 1. The second-order valence-electron chi connectivity index (χ2n) is 6.80. The summed E-state index contributed by atoms with van der Waals surface area (Å²) in [5.74, 6) is -0.761. The van der Waals surface area contributed by atoms with Gasteiger partial charge in [0.25, 0.3) is 5.91 Å². The standard InChI is InChI=1S/C23H21F3N2O3/c1-2-31-13-12-22(30,23(24,25)26)15-27-21(29)18-14-20(16-8-4-3-5-9-16)28-19-11-7-6-10-17(18)19/h3-14,30H,2,15H2,1H3,(H,27,29)/b13-12+/t22-/m1/s1. The number of para-hydroxylation sites is 1. The third-order valence-corrected chi connectivity index (χ3v) is 4.65. The molecule has 1 amide bonds. The molecule has 2 aromatic carbocycles. The van der Waals surface area contributed by atoms with Gasteiger partial charge >= 0.3 is 6.18 Å². The number of rotatable bonds is 7. The van der Waals surface area contributed by atoms with Crippen molar-refractivity contribution >= 4 is 16.8 Å². The lowest BCUT2D eigenvalue weighted by atomic mass is 10.0. The zero-order chi connectivity index (χ0) is 22.5.